The Morgan fingerprint density at radius 2 is 1.29 bits per heavy atom. The second-order valence-electron chi connectivity index (χ2n) is 11.6. The van der Waals surface area contributed by atoms with Crippen molar-refractivity contribution in [2.75, 3.05) is 5.43 Å². The second kappa shape index (κ2) is 13.4. The lowest BCUT2D eigenvalue weighted by Crippen LogP contribution is -2.15. The van der Waals surface area contributed by atoms with Crippen molar-refractivity contribution in [1.29, 1.82) is 0 Å². The molecule has 0 aliphatic carbocycles. The summed E-state index contributed by atoms with van der Waals surface area (Å²) in [6.07, 6.45) is 5.02. The summed E-state index contributed by atoms with van der Waals surface area (Å²) in [6.45, 7) is 9.42. The number of allylic oxidation sites excluding steroid dienone is 2. The molecule has 3 N–H and O–H groups in total. The minimum absolute atomic E-state index is 0.374. The maximum atomic E-state index is 5.76. The van der Waals surface area contributed by atoms with E-state index in [9.17, 15) is 0 Å². The average molecular weight is 638 g/mol. The molecule has 0 saturated carbocycles. The summed E-state index contributed by atoms with van der Waals surface area (Å²) < 4.78 is 2.74. The molecular weight excluding hydrogens is 603 g/mol. The van der Waals surface area contributed by atoms with E-state index >= 15 is 0 Å². The second-order valence-corrected chi connectivity index (χ2v) is 12.7. The van der Waals surface area contributed by atoms with Crippen LogP contribution in [0.1, 0.15) is 5.56 Å². The van der Waals surface area contributed by atoms with Gasteiger partial charge in [-0.05, 0) is 69.2 Å². The Kier molecular flexibility index (Phi) is 8.57. The topological polar surface area (TPSA) is 50.4 Å². The molecule has 7 aromatic carbocycles. The van der Waals surface area contributed by atoms with E-state index in [2.05, 4.69) is 134 Å². The van der Waals surface area contributed by atoms with Gasteiger partial charge >= 0.3 is 0 Å². The normalized spacial score (nSPS) is 11.9. The van der Waals surface area contributed by atoms with E-state index in [1.807, 2.05) is 41.7 Å². The number of aryl methyl sites for hydroxylation is 1. The average Bonchev–Trinajstić information content (AvgIpc) is 3.53. The lowest BCUT2D eigenvalue weighted by atomic mass is 9.89. The molecule has 8 aromatic rings. The molecular formula is C44H35N3S. The molecule has 0 atom stereocenters. The summed E-state index contributed by atoms with van der Waals surface area (Å²) in [6, 6.07) is 47.6. The van der Waals surface area contributed by atoms with Crippen LogP contribution in [0, 0.1) is 6.92 Å². The minimum atomic E-state index is 0.374. The molecule has 0 radical (unpaired) electrons. The SMILES string of the molecule is C=C/C=C(C=C)/C(N)=N/Nc1ccccc1.Cc1cccc(-c2cc3c4ccccc4c4ccccc4c3c3sc4ccccc4c23)c1. The highest BCUT2D eigenvalue weighted by Crippen LogP contribution is 2.48. The standard InChI is InChI=1S/C31H20S.C13H15N3/c1-19-9-8-10-20(17-19)26-18-27-23-13-3-2-11-21(23)22-12-4-5-14-24(22)29(27)31-30(26)25-15-6-7-16-28(25)32-31;1-3-8-11(4-2)13(14)16-15-12-9-6-5-7-10-12/h2-18H,1H3;3-10,15H,1-2H2,(H2,14,16)/b;11-8+. The van der Waals surface area contributed by atoms with Crippen LogP contribution in [0.25, 0.3) is 63.6 Å². The van der Waals surface area contributed by atoms with E-state index in [1.54, 1.807) is 18.2 Å². The number of nitrogens with one attached hydrogen (secondary N) is 1. The predicted molar refractivity (Wildman–Crippen MR) is 212 cm³/mol. The van der Waals surface area contributed by atoms with Gasteiger partial charge in [0, 0.05) is 31.1 Å². The van der Waals surface area contributed by atoms with Crippen LogP contribution >= 0.6 is 11.3 Å². The van der Waals surface area contributed by atoms with Crippen LogP contribution in [0.5, 0.6) is 0 Å². The summed E-state index contributed by atoms with van der Waals surface area (Å²) in [5, 5.41) is 14.8. The monoisotopic (exact) mass is 637 g/mol. The number of hydrogen-bond acceptors (Lipinski definition) is 3. The summed E-state index contributed by atoms with van der Waals surface area (Å²) in [7, 11) is 0. The molecule has 8 rings (SSSR count). The fraction of sp³-hybridized carbons (Fsp3) is 0.0227. The zero-order valence-electron chi connectivity index (χ0n) is 26.8. The van der Waals surface area contributed by atoms with E-state index < -0.39 is 0 Å². The number of benzene rings is 7. The Labute approximate surface area is 284 Å². The first kappa shape index (κ1) is 30.7. The first-order valence-corrected chi connectivity index (χ1v) is 16.7. The Hall–Kier alpha value is -5.97. The number of amidine groups is 1. The third-order valence-electron chi connectivity index (χ3n) is 8.58. The Bertz CT molecular complexity index is 2540. The van der Waals surface area contributed by atoms with Gasteiger partial charge in [0.1, 0.15) is 0 Å². The molecule has 1 aromatic heterocycles. The van der Waals surface area contributed by atoms with Gasteiger partial charge in [-0.1, -0.05) is 146 Å². The van der Waals surface area contributed by atoms with Crippen molar-refractivity contribution in [3.8, 4) is 11.1 Å². The van der Waals surface area contributed by atoms with E-state index in [0.717, 1.165) is 11.3 Å². The molecule has 0 bridgehead atoms. The molecule has 3 nitrogen and oxygen atoms in total. The van der Waals surface area contributed by atoms with Gasteiger partial charge in [-0.3, -0.25) is 5.43 Å². The van der Waals surface area contributed by atoms with Crippen molar-refractivity contribution >= 4 is 75.3 Å². The molecule has 0 fully saturated rings. The molecule has 0 unspecified atom stereocenters. The van der Waals surface area contributed by atoms with E-state index in [-0.39, 0.29) is 0 Å². The molecule has 0 aliphatic rings. The number of nitrogens with zero attached hydrogens (tertiary/aromatic N) is 1. The first-order valence-electron chi connectivity index (χ1n) is 15.9. The Morgan fingerprint density at radius 1 is 0.667 bits per heavy atom. The van der Waals surface area contributed by atoms with Crippen molar-refractivity contribution in [2.45, 2.75) is 6.92 Å². The number of rotatable bonds is 6. The zero-order chi connectivity index (χ0) is 33.0. The van der Waals surface area contributed by atoms with Crippen LogP contribution in [-0.4, -0.2) is 5.84 Å². The third-order valence-corrected chi connectivity index (χ3v) is 9.76. The Balaban J connectivity index is 0.000000194. The quantitative estimate of drug-likeness (QED) is 0.0626. The highest BCUT2D eigenvalue weighted by molar-refractivity contribution is 7.27. The molecule has 48 heavy (non-hydrogen) atoms. The molecule has 0 aliphatic heterocycles. The van der Waals surface area contributed by atoms with Crippen LogP contribution < -0.4 is 11.2 Å². The van der Waals surface area contributed by atoms with Crippen molar-refractivity contribution in [3.05, 3.63) is 176 Å². The molecule has 0 amide bonds. The lowest BCUT2D eigenvalue weighted by molar-refractivity contribution is 1.31. The summed E-state index contributed by atoms with van der Waals surface area (Å²) in [5.41, 5.74) is 14.1. The lowest BCUT2D eigenvalue weighted by Gasteiger charge is -2.14. The van der Waals surface area contributed by atoms with Crippen LogP contribution in [0.3, 0.4) is 0 Å². The van der Waals surface area contributed by atoms with Gasteiger partial charge in [0.15, 0.2) is 5.84 Å². The molecule has 1 heterocycles. The van der Waals surface area contributed by atoms with Crippen LogP contribution in [0.4, 0.5) is 5.69 Å². The number of hydrazone groups is 1. The number of hydrogen-bond donors (Lipinski definition) is 2. The summed E-state index contributed by atoms with van der Waals surface area (Å²) in [4.78, 5) is 0. The minimum Gasteiger partial charge on any atom is -0.382 e. The van der Waals surface area contributed by atoms with Gasteiger partial charge in [0.25, 0.3) is 0 Å². The fourth-order valence-corrected chi connectivity index (χ4v) is 7.69. The van der Waals surface area contributed by atoms with E-state index in [4.69, 9.17) is 5.73 Å². The number of fused-ring (bicyclic) bond motifs is 10. The van der Waals surface area contributed by atoms with Gasteiger partial charge in [0.2, 0.25) is 0 Å². The van der Waals surface area contributed by atoms with Crippen molar-refractivity contribution in [2.24, 2.45) is 10.8 Å². The molecule has 232 valence electrons. The molecule has 0 saturated heterocycles. The number of thiophene rings is 1. The number of anilines is 1. The largest absolute Gasteiger partial charge is 0.382 e. The maximum absolute atomic E-state index is 5.76. The van der Waals surface area contributed by atoms with E-state index in [0.29, 0.717) is 5.84 Å². The fourth-order valence-electron chi connectivity index (χ4n) is 6.40. The molecule has 4 heteroatoms. The third kappa shape index (κ3) is 5.74. The highest BCUT2D eigenvalue weighted by Gasteiger charge is 2.18. The van der Waals surface area contributed by atoms with Crippen LogP contribution in [-0.2, 0) is 0 Å². The van der Waals surface area contributed by atoms with Gasteiger partial charge in [-0.15, -0.1) is 11.3 Å². The van der Waals surface area contributed by atoms with Crippen LogP contribution in [0.15, 0.2) is 176 Å². The van der Waals surface area contributed by atoms with Crippen molar-refractivity contribution < 1.29 is 0 Å². The first-order chi connectivity index (χ1) is 23.6. The smallest absolute Gasteiger partial charge is 0.150 e. The van der Waals surface area contributed by atoms with Crippen molar-refractivity contribution in [3.63, 3.8) is 0 Å². The van der Waals surface area contributed by atoms with Gasteiger partial charge in [-0.2, -0.15) is 5.10 Å². The predicted octanol–water partition coefficient (Wildman–Crippen LogP) is 12.2. The number of para-hydroxylation sites is 1. The number of nitrogens with two attached hydrogens (primary N) is 1. The van der Waals surface area contributed by atoms with Gasteiger partial charge in [-0.25, -0.2) is 0 Å². The Morgan fingerprint density at radius 3 is 1.98 bits per heavy atom. The van der Waals surface area contributed by atoms with Gasteiger partial charge in [0.05, 0.1) is 5.69 Å². The summed E-state index contributed by atoms with van der Waals surface area (Å²) in [5.74, 6) is 0.374. The molecule has 0 spiro atoms. The summed E-state index contributed by atoms with van der Waals surface area (Å²) >= 11 is 1.93. The van der Waals surface area contributed by atoms with E-state index in [1.165, 1.54) is 69.2 Å². The van der Waals surface area contributed by atoms with Crippen LogP contribution in [0.2, 0.25) is 0 Å². The van der Waals surface area contributed by atoms with Gasteiger partial charge < -0.3 is 5.73 Å². The zero-order valence-corrected chi connectivity index (χ0v) is 27.6. The van der Waals surface area contributed by atoms with Crippen molar-refractivity contribution in [1.82, 2.24) is 0 Å². The highest BCUT2D eigenvalue weighted by atomic mass is 32.1. The maximum Gasteiger partial charge on any atom is 0.150 e.